The van der Waals surface area contributed by atoms with Gasteiger partial charge in [-0.1, -0.05) is 18.9 Å². The number of alkyl halides is 3. The molecule has 0 saturated heterocycles. The molecule has 2 rings (SSSR count). The summed E-state index contributed by atoms with van der Waals surface area (Å²) in [6.07, 6.45) is -1.05. The van der Waals surface area contributed by atoms with Gasteiger partial charge in [0.1, 0.15) is 5.82 Å². The van der Waals surface area contributed by atoms with Gasteiger partial charge in [0.25, 0.3) is 0 Å². The molecule has 0 aromatic heterocycles. The van der Waals surface area contributed by atoms with Crippen LogP contribution in [-0.4, -0.2) is 6.54 Å². The summed E-state index contributed by atoms with van der Waals surface area (Å²) in [5.41, 5.74) is -0.733. The first-order valence-corrected chi connectivity index (χ1v) is 6.03. The van der Waals surface area contributed by atoms with Crippen molar-refractivity contribution in [1.29, 1.82) is 0 Å². The number of hydrogen-bond acceptors (Lipinski definition) is 1. The molecule has 18 heavy (non-hydrogen) atoms. The van der Waals surface area contributed by atoms with Crippen molar-refractivity contribution < 1.29 is 17.6 Å². The Morgan fingerprint density at radius 3 is 2.56 bits per heavy atom. The van der Waals surface area contributed by atoms with Gasteiger partial charge < -0.3 is 5.32 Å². The van der Waals surface area contributed by atoms with Crippen LogP contribution in [-0.2, 0) is 12.7 Å². The van der Waals surface area contributed by atoms with Gasteiger partial charge in [-0.2, -0.15) is 13.2 Å². The molecular weight excluding hydrogens is 246 g/mol. The fourth-order valence-electron chi connectivity index (χ4n) is 1.85. The lowest BCUT2D eigenvalue weighted by Gasteiger charge is -2.10. The van der Waals surface area contributed by atoms with Crippen molar-refractivity contribution in [2.45, 2.75) is 32.0 Å². The van der Waals surface area contributed by atoms with Crippen molar-refractivity contribution in [2.75, 3.05) is 6.54 Å². The van der Waals surface area contributed by atoms with Gasteiger partial charge in [0, 0.05) is 6.54 Å². The summed E-state index contributed by atoms with van der Waals surface area (Å²) in [6.45, 7) is 1.14. The molecule has 1 aromatic rings. The molecule has 1 aliphatic carbocycles. The van der Waals surface area contributed by atoms with E-state index in [1.807, 2.05) is 0 Å². The Balaban J connectivity index is 1.91. The third kappa shape index (κ3) is 3.70. The second kappa shape index (κ2) is 5.26. The quantitative estimate of drug-likeness (QED) is 0.629. The Morgan fingerprint density at radius 1 is 1.22 bits per heavy atom. The predicted molar refractivity (Wildman–Crippen MR) is 60.4 cm³/mol. The van der Waals surface area contributed by atoms with Crippen LogP contribution in [0.15, 0.2) is 18.2 Å². The lowest BCUT2D eigenvalue weighted by atomic mass is 10.1. The van der Waals surface area contributed by atoms with Crippen LogP contribution in [0.2, 0.25) is 0 Å². The highest BCUT2D eigenvalue weighted by Crippen LogP contribution is 2.32. The Kier molecular flexibility index (Phi) is 3.90. The molecular formula is C13H15F4N. The van der Waals surface area contributed by atoms with Crippen LogP contribution in [0.25, 0.3) is 0 Å². The molecule has 5 heteroatoms. The highest BCUT2D eigenvalue weighted by Gasteiger charge is 2.34. The molecule has 1 fully saturated rings. The second-order valence-electron chi connectivity index (χ2n) is 4.72. The van der Waals surface area contributed by atoms with Gasteiger partial charge >= 0.3 is 6.18 Å². The maximum atomic E-state index is 13.0. The summed E-state index contributed by atoms with van der Waals surface area (Å²) in [5, 5.41) is 3.08. The van der Waals surface area contributed by atoms with Crippen molar-refractivity contribution in [1.82, 2.24) is 5.32 Å². The zero-order valence-electron chi connectivity index (χ0n) is 9.86. The van der Waals surface area contributed by atoms with Crippen LogP contribution >= 0.6 is 0 Å². The minimum atomic E-state index is -4.63. The van der Waals surface area contributed by atoms with Crippen molar-refractivity contribution in [3.63, 3.8) is 0 Å². The van der Waals surface area contributed by atoms with E-state index in [1.54, 1.807) is 0 Å². The highest BCUT2D eigenvalue weighted by atomic mass is 19.4. The first-order chi connectivity index (χ1) is 8.47. The third-order valence-corrected chi connectivity index (χ3v) is 3.09. The molecule has 1 aromatic carbocycles. The molecule has 0 spiro atoms. The van der Waals surface area contributed by atoms with Gasteiger partial charge in [0.05, 0.1) is 5.56 Å². The maximum absolute atomic E-state index is 13.0. The van der Waals surface area contributed by atoms with E-state index in [4.69, 9.17) is 0 Å². The molecule has 1 nitrogen and oxygen atoms in total. The molecule has 1 saturated carbocycles. The third-order valence-electron chi connectivity index (χ3n) is 3.09. The average Bonchev–Trinajstić information content (AvgIpc) is 3.09. The lowest BCUT2D eigenvalue weighted by molar-refractivity contribution is -0.140. The van der Waals surface area contributed by atoms with Gasteiger partial charge in [0.15, 0.2) is 0 Å². The first-order valence-electron chi connectivity index (χ1n) is 6.03. The van der Waals surface area contributed by atoms with Gasteiger partial charge in [-0.15, -0.1) is 0 Å². The van der Waals surface area contributed by atoms with Crippen molar-refractivity contribution in [2.24, 2.45) is 5.92 Å². The number of halogens is 4. The van der Waals surface area contributed by atoms with Gasteiger partial charge in [-0.25, -0.2) is 4.39 Å². The fourth-order valence-corrected chi connectivity index (χ4v) is 1.85. The van der Waals surface area contributed by atoms with E-state index in [0.717, 1.165) is 31.0 Å². The SMILES string of the molecule is Fc1ccc(CNCCC2CC2)cc1C(F)(F)F. The summed E-state index contributed by atoms with van der Waals surface area (Å²) in [6, 6.07) is 3.13. The van der Waals surface area contributed by atoms with Crippen LogP contribution in [0, 0.1) is 11.7 Å². The zero-order chi connectivity index (χ0) is 13.2. The van der Waals surface area contributed by atoms with Crippen LogP contribution in [0.1, 0.15) is 30.4 Å². The van der Waals surface area contributed by atoms with E-state index < -0.39 is 17.6 Å². The average molecular weight is 261 g/mol. The Morgan fingerprint density at radius 2 is 1.94 bits per heavy atom. The summed E-state index contributed by atoms with van der Waals surface area (Å²) in [5.74, 6) is -0.430. The second-order valence-corrected chi connectivity index (χ2v) is 4.72. The summed E-state index contributed by atoms with van der Waals surface area (Å²) < 4.78 is 50.4. The molecule has 0 unspecified atom stereocenters. The van der Waals surface area contributed by atoms with E-state index in [-0.39, 0.29) is 0 Å². The van der Waals surface area contributed by atoms with Crippen LogP contribution in [0.5, 0.6) is 0 Å². The van der Waals surface area contributed by atoms with Gasteiger partial charge in [-0.3, -0.25) is 0 Å². The summed E-state index contributed by atoms with van der Waals surface area (Å²) in [4.78, 5) is 0. The van der Waals surface area contributed by atoms with Gasteiger partial charge in [0.2, 0.25) is 0 Å². The number of benzene rings is 1. The standard InChI is InChI=1S/C13H15F4N/c14-12-4-3-10(7-11(12)13(15,16)17)8-18-6-5-9-1-2-9/h3-4,7,9,18H,1-2,5-6,8H2. The largest absolute Gasteiger partial charge is 0.419 e. The van der Waals surface area contributed by atoms with Crippen molar-refractivity contribution in [3.05, 3.63) is 35.1 Å². The van der Waals surface area contributed by atoms with Crippen molar-refractivity contribution >= 4 is 0 Å². The fraction of sp³-hybridized carbons (Fsp3) is 0.538. The smallest absolute Gasteiger partial charge is 0.313 e. The minimum absolute atomic E-state index is 0.343. The Bertz CT molecular complexity index is 410. The number of nitrogens with one attached hydrogen (secondary N) is 1. The molecule has 100 valence electrons. The minimum Gasteiger partial charge on any atom is -0.313 e. The first kappa shape index (κ1) is 13.3. The van der Waals surface area contributed by atoms with E-state index >= 15 is 0 Å². The zero-order valence-corrected chi connectivity index (χ0v) is 9.86. The highest BCUT2D eigenvalue weighted by molar-refractivity contribution is 5.27. The van der Waals surface area contributed by atoms with E-state index in [0.29, 0.717) is 12.1 Å². The van der Waals surface area contributed by atoms with Crippen molar-refractivity contribution in [3.8, 4) is 0 Å². The topological polar surface area (TPSA) is 12.0 Å². The number of hydrogen-bond donors (Lipinski definition) is 1. The number of rotatable bonds is 5. The Hall–Kier alpha value is -1.10. The molecule has 0 radical (unpaired) electrons. The normalized spacial score (nSPS) is 16.0. The lowest BCUT2D eigenvalue weighted by Crippen LogP contribution is -2.16. The monoisotopic (exact) mass is 261 g/mol. The molecule has 0 heterocycles. The molecule has 1 N–H and O–H groups in total. The predicted octanol–water partition coefficient (Wildman–Crippen LogP) is 3.73. The van der Waals surface area contributed by atoms with E-state index in [1.165, 1.54) is 18.9 Å². The van der Waals surface area contributed by atoms with E-state index in [9.17, 15) is 17.6 Å². The molecule has 0 bridgehead atoms. The maximum Gasteiger partial charge on any atom is 0.419 e. The van der Waals surface area contributed by atoms with Crippen LogP contribution in [0.3, 0.4) is 0 Å². The van der Waals surface area contributed by atoms with Crippen LogP contribution in [0.4, 0.5) is 17.6 Å². The Labute approximate surface area is 103 Å². The molecule has 0 amide bonds. The van der Waals surface area contributed by atoms with E-state index in [2.05, 4.69) is 5.32 Å². The van der Waals surface area contributed by atoms with Gasteiger partial charge in [-0.05, 0) is 36.6 Å². The molecule has 0 atom stereocenters. The summed E-state index contributed by atoms with van der Waals surface area (Å²) >= 11 is 0. The molecule has 1 aliphatic rings. The summed E-state index contributed by atoms with van der Waals surface area (Å²) in [7, 11) is 0. The molecule has 0 aliphatic heterocycles. The van der Waals surface area contributed by atoms with Crippen LogP contribution < -0.4 is 5.32 Å².